The second-order valence-corrected chi connectivity index (χ2v) is 8.11. The fourth-order valence-electron chi connectivity index (χ4n) is 4.53. The molecule has 2 aromatic carbocycles. The quantitative estimate of drug-likeness (QED) is 0.383. The van der Waals surface area contributed by atoms with E-state index in [0.29, 0.717) is 17.1 Å². The van der Waals surface area contributed by atoms with Gasteiger partial charge in [0.1, 0.15) is 23.4 Å². The Bertz CT molecular complexity index is 1070. The summed E-state index contributed by atoms with van der Waals surface area (Å²) in [4.78, 5) is 2.11. The van der Waals surface area contributed by atoms with Gasteiger partial charge in [0, 0.05) is 83.7 Å². The van der Waals surface area contributed by atoms with Crippen LogP contribution in [0.2, 0.25) is 0 Å². The minimum absolute atomic E-state index is 0.0761. The average Bonchev–Trinajstić information content (AvgIpc) is 2.79. The molecule has 6 nitrogen and oxygen atoms in total. The summed E-state index contributed by atoms with van der Waals surface area (Å²) in [6.07, 6.45) is 2.61. The van der Waals surface area contributed by atoms with Gasteiger partial charge in [0.25, 0.3) is 0 Å². The van der Waals surface area contributed by atoms with Gasteiger partial charge in [0.2, 0.25) is 0 Å². The molecule has 4 rings (SSSR count). The van der Waals surface area contributed by atoms with E-state index in [0.717, 1.165) is 60.0 Å². The number of aliphatic hydroxyl groups excluding tert-OH is 2. The van der Waals surface area contributed by atoms with Gasteiger partial charge in [-0.1, -0.05) is 0 Å². The smallest absolute Gasteiger partial charge is 0.137 e. The van der Waals surface area contributed by atoms with E-state index in [2.05, 4.69) is 29.4 Å². The maximum atomic E-state index is 11.2. The highest BCUT2D eigenvalue weighted by Crippen LogP contribution is 2.48. The Morgan fingerprint density at radius 1 is 0.879 bits per heavy atom. The molecule has 0 amide bonds. The molecule has 1 unspecified atom stereocenters. The van der Waals surface area contributed by atoms with Crippen molar-refractivity contribution in [3.63, 3.8) is 0 Å². The van der Waals surface area contributed by atoms with E-state index in [9.17, 15) is 10.2 Å². The molecule has 1 aliphatic carbocycles. The van der Waals surface area contributed by atoms with Gasteiger partial charge >= 0.3 is 0 Å². The lowest BCUT2D eigenvalue weighted by Crippen LogP contribution is -2.27. The first-order valence-electron chi connectivity index (χ1n) is 11.7. The predicted octanol–water partition coefficient (Wildman–Crippen LogP) is 5.50. The first-order chi connectivity index (χ1) is 16.0. The third-order valence-corrected chi connectivity index (χ3v) is 6.07. The van der Waals surface area contributed by atoms with Crippen molar-refractivity contribution in [2.75, 3.05) is 36.8 Å². The molecule has 4 N–H and O–H groups in total. The van der Waals surface area contributed by atoms with Crippen molar-refractivity contribution in [3.8, 4) is 11.5 Å². The summed E-state index contributed by atoms with van der Waals surface area (Å²) in [7, 11) is 0. The van der Waals surface area contributed by atoms with Gasteiger partial charge in [-0.15, -0.1) is 0 Å². The van der Waals surface area contributed by atoms with Crippen LogP contribution in [0.5, 0.6) is 11.5 Å². The molecule has 0 aromatic heterocycles. The summed E-state index contributed by atoms with van der Waals surface area (Å²) in [6, 6.07) is 11.9. The highest BCUT2D eigenvalue weighted by molar-refractivity contribution is 5.93. The van der Waals surface area contributed by atoms with E-state index in [-0.39, 0.29) is 5.76 Å². The molecule has 0 bridgehead atoms. The molecule has 0 saturated heterocycles. The molecule has 0 fully saturated rings. The van der Waals surface area contributed by atoms with E-state index in [1.807, 2.05) is 56.3 Å². The van der Waals surface area contributed by atoms with Crippen LogP contribution in [-0.2, 0) is 0 Å². The van der Waals surface area contributed by atoms with Crippen molar-refractivity contribution in [2.24, 2.45) is 0 Å². The number of benzene rings is 2. The Morgan fingerprint density at radius 2 is 1.42 bits per heavy atom. The molecule has 1 atom stereocenters. The van der Waals surface area contributed by atoms with Gasteiger partial charge in [-0.25, -0.2) is 0 Å². The number of nitrogens with zero attached hydrogens (tertiary/aromatic N) is 1. The fraction of sp³-hybridized carbons (Fsp3) is 0.333. The Labute approximate surface area is 195 Å². The van der Waals surface area contributed by atoms with Crippen LogP contribution in [0.3, 0.4) is 0 Å². The Hall–Kier alpha value is -3.38. The number of hydrogen-bond donors (Lipinski definition) is 4. The zero-order valence-electron chi connectivity index (χ0n) is 19.8. The van der Waals surface area contributed by atoms with Crippen molar-refractivity contribution in [3.05, 3.63) is 76.7 Å². The molecule has 2 aliphatic rings. The number of allylic oxidation sites excluding steroid dienone is 1. The fourth-order valence-corrected chi connectivity index (χ4v) is 4.53. The Morgan fingerprint density at radius 3 is 1.88 bits per heavy atom. The topological polar surface area (TPSA) is 77.0 Å². The predicted molar refractivity (Wildman–Crippen MR) is 135 cm³/mol. The molecule has 174 valence electrons. The van der Waals surface area contributed by atoms with Crippen molar-refractivity contribution < 1.29 is 14.9 Å². The van der Waals surface area contributed by atoms with Crippen molar-refractivity contribution in [2.45, 2.75) is 33.8 Å². The summed E-state index contributed by atoms with van der Waals surface area (Å²) >= 11 is 0. The third-order valence-electron chi connectivity index (χ3n) is 6.07. The normalized spacial score (nSPS) is 16.8. The van der Waals surface area contributed by atoms with Crippen LogP contribution in [0.25, 0.3) is 5.57 Å². The standard InChI is InChI=1S/C27H33N3O3/c1-5-28-17-9-11-20-24(13-17)33-25-14-18(29-6-2)10-12-21(25)26(20)27-22(31)15-19(16-23(27)32)30(7-3)8-4/h9-16,22,28-29,31-32H,5-8H2,1-4H3. The van der Waals surface area contributed by atoms with Gasteiger partial charge in [-0.05, 0) is 58.0 Å². The number of fused-ring (bicyclic) bond motifs is 2. The first-order valence-corrected chi connectivity index (χ1v) is 11.7. The second-order valence-electron chi connectivity index (χ2n) is 8.11. The summed E-state index contributed by atoms with van der Waals surface area (Å²) in [5.41, 5.74) is 5.70. The minimum Gasteiger partial charge on any atom is -0.507 e. The van der Waals surface area contributed by atoms with Crippen LogP contribution in [0.1, 0.15) is 38.8 Å². The van der Waals surface area contributed by atoms with E-state index < -0.39 is 6.10 Å². The van der Waals surface area contributed by atoms with Crippen molar-refractivity contribution in [1.29, 1.82) is 0 Å². The van der Waals surface area contributed by atoms with Crippen LogP contribution in [-0.4, -0.2) is 47.4 Å². The molecule has 0 radical (unpaired) electrons. The van der Waals surface area contributed by atoms with E-state index in [1.165, 1.54) is 0 Å². The monoisotopic (exact) mass is 447 g/mol. The molecule has 6 heteroatoms. The van der Waals surface area contributed by atoms with Crippen molar-refractivity contribution in [1.82, 2.24) is 4.90 Å². The molecule has 33 heavy (non-hydrogen) atoms. The number of ether oxygens (including phenoxy) is 1. The van der Waals surface area contributed by atoms with E-state index in [4.69, 9.17) is 4.74 Å². The van der Waals surface area contributed by atoms with Gasteiger partial charge in [0.05, 0.1) is 0 Å². The minimum atomic E-state index is -0.943. The van der Waals surface area contributed by atoms with Crippen LogP contribution in [0.4, 0.5) is 11.4 Å². The number of nitrogens with one attached hydrogen (secondary N) is 2. The van der Waals surface area contributed by atoms with Gasteiger partial charge in [-0.2, -0.15) is 0 Å². The molecule has 2 aromatic rings. The second kappa shape index (κ2) is 9.63. The van der Waals surface area contributed by atoms with E-state index in [1.54, 1.807) is 6.08 Å². The highest BCUT2D eigenvalue weighted by atomic mass is 16.5. The number of anilines is 2. The zero-order valence-corrected chi connectivity index (χ0v) is 19.8. The SMILES string of the molecule is CCNc1ccc2c(c1)Oc1cc(NCC)ccc1C2=C1C(O)=CC(N(CC)CC)=CC1O. The van der Waals surface area contributed by atoms with Gasteiger partial charge < -0.3 is 30.5 Å². The molecule has 0 spiro atoms. The zero-order chi connectivity index (χ0) is 23.5. The maximum Gasteiger partial charge on any atom is 0.137 e. The molecular weight excluding hydrogens is 414 g/mol. The van der Waals surface area contributed by atoms with E-state index >= 15 is 0 Å². The van der Waals surface area contributed by atoms with Crippen molar-refractivity contribution >= 4 is 16.9 Å². The van der Waals surface area contributed by atoms with Crippen LogP contribution >= 0.6 is 0 Å². The largest absolute Gasteiger partial charge is 0.507 e. The Balaban J connectivity index is 1.91. The summed E-state index contributed by atoms with van der Waals surface area (Å²) in [5, 5.41) is 29.0. The third kappa shape index (κ3) is 4.31. The van der Waals surface area contributed by atoms with Crippen LogP contribution in [0, 0.1) is 0 Å². The van der Waals surface area contributed by atoms with Crippen LogP contribution in [0.15, 0.2) is 65.6 Å². The summed E-state index contributed by atoms with van der Waals surface area (Å²) in [5.74, 6) is 1.46. The van der Waals surface area contributed by atoms with Crippen LogP contribution < -0.4 is 15.4 Å². The summed E-state index contributed by atoms with van der Waals surface area (Å²) < 4.78 is 6.32. The average molecular weight is 448 g/mol. The summed E-state index contributed by atoms with van der Waals surface area (Å²) in [6.45, 7) is 11.4. The maximum absolute atomic E-state index is 11.2. The highest BCUT2D eigenvalue weighted by Gasteiger charge is 2.31. The molecule has 0 saturated carbocycles. The van der Waals surface area contributed by atoms with Gasteiger partial charge in [0.15, 0.2) is 0 Å². The number of rotatable bonds is 7. The number of aliphatic hydroxyl groups is 2. The lowest BCUT2D eigenvalue weighted by atomic mass is 9.85. The number of likely N-dealkylation sites (N-methyl/N-ethyl adjacent to an activating group) is 1. The number of hydrogen-bond acceptors (Lipinski definition) is 6. The lowest BCUT2D eigenvalue weighted by molar-refractivity contribution is 0.239. The van der Waals surface area contributed by atoms with Gasteiger partial charge in [-0.3, -0.25) is 0 Å². The molecular formula is C27H33N3O3. The molecule has 1 heterocycles. The first kappa shape index (κ1) is 22.8. The molecule has 1 aliphatic heterocycles. The Kier molecular flexibility index (Phi) is 6.65. The lowest BCUT2D eigenvalue weighted by Gasteiger charge is -2.31.